The van der Waals surface area contributed by atoms with Gasteiger partial charge in [0.1, 0.15) is 12.6 Å². The first-order valence-corrected chi connectivity index (χ1v) is 11.2. The van der Waals surface area contributed by atoms with Crippen LogP contribution in [0.4, 0.5) is 4.79 Å². The molecule has 0 fully saturated rings. The molecule has 1 aliphatic rings. The average molecular weight is 459 g/mol. The molecule has 1 aliphatic carbocycles. The minimum atomic E-state index is -1.11. The van der Waals surface area contributed by atoms with Gasteiger partial charge in [-0.15, -0.1) is 0 Å². The molecule has 0 spiro atoms. The zero-order valence-electron chi connectivity index (χ0n) is 18.8. The van der Waals surface area contributed by atoms with Gasteiger partial charge in [0.05, 0.1) is 0 Å². The van der Waals surface area contributed by atoms with E-state index >= 15 is 0 Å². The Balaban J connectivity index is 1.32. The lowest BCUT2D eigenvalue weighted by Crippen LogP contribution is -2.38. The predicted molar refractivity (Wildman–Crippen MR) is 128 cm³/mol. The summed E-state index contributed by atoms with van der Waals surface area (Å²) >= 11 is 0. The van der Waals surface area contributed by atoms with Gasteiger partial charge in [-0.3, -0.25) is 9.59 Å². The van der Waals surface area contributed by atoms with Crippen molar-refractivity contribution in [1.29, 1.82) is 0 Å². The van der Waals surface area contributed by atoms with E-state index in [9.17, 15) is 14.4 Å². The number of rotatable bonds is 8. The van der Waals surface area contributed by atoms with Crippen molar-refractivity contribution >= 4 is 18.0 Å². The summed E-state index contributed by atoms with van der Waals surface area (Å²) < 4.78 is 5.54. The summed E-state index contributed by atoms with van der Waals surface area (Å²) in [5.41, 5.74) is 5.71. The SMILES string of the molecule is CC(NC(=O)c1ccccc1CCNC(=O)OCC1c2ccccc2-c2ccccc21)C(=O)O. The van der Waals surface area contributed by atoms with Gasteiger partial charge >= 0.3 is 12.1 Å². The van der Waals surface area contributed by atoms with Crippen LogP contribution in [0.15, 0.2) is 72.8 Å². The monoisotopic (exact) mass is 458 g/mol. The van der Waals surface area contributed by atoms with Gasteiger partial charge in [-0.05, 0) is 47.2 Å². The molecule has 34 heavy (non-hydrogen) atoms. The first-order valence-electron chi connectivity index (χ1n) is 11.2. The third-order valence-corrected chi connectivity index (χ3v) is 5.99. The van der Waals surface area contributed by atoms with Crippen molar-refractivity contribution in [3.8, 4) is 11.1 Å². The third kappa shape index (κ3) is 4.93. The Morgan fingerprint density at radius 3 is 2.15 bits per heavy atom. The van der Waals surface area contributed by atoms with Gasteiger partial charge in [0.25, 0.3) is 5.91 Å². The van der Waals surface area contributed by atoms with Crippen LogP contribution < -0.4 is 10.6 Å². The van der Waals surface area contributed by atoms with Crippen molar-refractivity contribution in [2.45, 2.75) is 25.3 Å². The molecular weight excluding hydrogens is 432 g/mol. The second kappa shape index (κ2) is 10.2. The molecule has 3 aromatic carbocycles. The largest absolute Gasteiger partial charge is 0.480 e. The molecule has 7 heteroatoms. The summed E-state index contributed by atoms with van der Waals surface area (Å²) in [7, 11) is 0. The molecule has 0 saturated heterocycles. The molecule has 0 saturated carbocycles. The van der Waals surface area contributed by atoms with Gasteiger partial charge in [0.15, 0.2) is 0 Å². The number of carboxylic acids is 1. The Bertz CT molecular complexity index is 1180. The normalized spacial score (nSPS) is 12.9. The highest BCUT2D eigenvalue weighted by atomic mass is 16.5. The minimum absolute atomic E-state index is 0.0150. The van der Waals surface area contributed by atoms with Crippen LogP contribution >= 0.6 is 0 Å². The summed E-state index contributed by atoms with van der Waals surface area (Å²) in [4.78, 5) is 35.8. The number of carboxylic acid groups (broad SMARTS) is 1. The number of fused-ring (bicyclic) bond motifs is 3. The quantitative estimate of drug-likeness (QED) is 0.474. The first kappa shape index (κ1) is 23.0. The van der Waals surface area contributed by atoms with Crippen LogP contribution in [0.3, 0.4) is 0 Å². The van der Waals surface area contributed by atoms with E-state index in [1.807, 2.05) is 24.3 Å². The van der Waals surface area contributed by atoms with Crippen LogP contribution in [-0.4, -0.2) is 42.3 Å². The van der Waals surface area contributed by atoms with Gasteiger partial charge in [-0.1, -0.05) is 66.7 Å². The molecule has 0 bridgehead atoms. The number of alkyl carbamates (subject to hydrolysis) is 1. The first-order chi connectivity index (χ1) is 16.5. The summed E-state index contributed by atoms with van der Waals surface area (Å²) in [5, 5.41) is 14.2. The average Bonchev–Trinajstić information content (AvgIpc) is 3.16. The lowest BCUT2D eigenvalue weighted by atomic mass is 9.98. The molecule has 0 aromatic heterocycles. The van der Waals surface area contributed by atoms with Crippen LogP contribution in [0.2, 0.25) is 0 Å². The van der Waals surface area contributed by atoms with Gasteiger partial charge in [-0.2, -0.15) is 0 Å². The van der Waals surface area contributed by atoms with Gasteiger partial charge in [-0.25, -0.2) is 4.79 Å². The number of carbonyl (C=O) groups excluding carboxylic acids is 2. The van der Waals surface area contributed by atoms with Crippen molar-refractivity contribution in [3.63, 3.8) is 0 Å². The zero-order chi connectivity index (χ0) is 24.1. The van der Waals surface area contributed by atoms with E-state index in [0.717, 1.165) is 11.1 Å². The number of hydrogen-bond donors (Lipinski definition) is 3. The Morgan fingerprint density at radius 1 is 0.912 bits per heavy atom. The Labute approximate surface area is 197 Å². The lowest BCUT2D eigenvalue weighted by molar-refractivity contribution is -0.138. The maximum absolute atomic E-state index is 12.4. The van der Waals surface area contributed by atoms with Gasteiger partial charge in [0.2, 0.25) is 0 Å². The maximum atomic E-state index is 12.4. The Kier molecular flexibility index (Phi) is 6.92. The number of ether oxygens (including phenoxy) is 1. The topological polar surface area (TPSA) is 105 Å². The van der Waals surface area contributed by atoms with Gasteiger partial charge in [0, 0.05) is 18.0 Å². The zero-order valence-corrected chi connectivity index (χ0v) is 18.8. The number of amides is 2. The Hall–Kier alpha value is -4.13. The highest BCUT2D eigenvalue weighted by Crippen LogP contribution is 2.44. The molecule has 0 aliphatic heterocycles. The molecule has 7 nitrogen and oxygen atoms in total. The molecule has 174 valence electrons. The fourth-order valence-corrected chi connectivity index (χ4v) is 4.24. The minimum Gasteiger partial charge on any atom is -0.480 e. The summed E-state index contributed by atoms with van der Waals surface area (Å²) in [6, 6.07) is 22.2. The van der Waals surface area contributed by atoms with Crippen LogP contribution in [-0.2, 0) is 16.0 Å². The fourth-order valence-electron chi connectivity index (χ4n) is 4.24. The van der Waals surface area contributed by atoms with E-state index in [4.69, 9.17) is 9.84 Å². The molecule has 4 rings (SSSR count). The van der Waals surface area contributed by atoms with E-state index in [1.54, 1.807) is 24.3 Å². The smallest absolute Gasteiger partial charge is 0.407 e. The van der Waals surface area contributed by atoms with Crippen LogP contribution in [0.1, 0.15) is 39.9 Å². The molecule has 0 radical (unpaired) electrons. The third-order valence-electron chi connectivity index (χ3n) is 5.99. The number of nitrogens with one attached hydrogen (secondary N) is 2. The lowest BCUT2D eigenvalue weighted by Gasteiger charge is -2.15. The summed E-state index contributed by atoms with van der Waals surface area (Å²) in [6.45, 7) is 1.91. The molecule has 3 aromatic rings. The molecular formula is C27H26N2O5. The molecule has 0 heterocycles. The van der Waals surface area contributed by atoms with Crippen molar-refractivity contribution in [1.82, 2.24) is 10.6 Å². The number of aliphatic carboxylic acids is 1. The van der Waals surface area contributed by atoms with E-state index < -0.39 is 24.0 Å². The van der Waals surface area contributed by atoms with Crippen LogP contribution in [0.5, 0.6) is 0 Å². The second-order valence-electron chi connectivity index (χ2n) is 8.19. The van der Waals surface area contributed by atoms with E-state index in [1.165, 1.54) is 18.1 Å². The van der Waals surface area contributed by atoms with Crippen LogP contribution in [0.25, 0.3) is 11.1 Å². The van der Waals surface area contributed by atoms with Crippen molar-refractivity contribution in [3.05, 3.63) is 95.1 Å². The Morgan fingerprint density at radius 2 is 1.50 bits per heavy atom. The standard InChI is InChI=1S/C27H26N2O5/c1-17(26(31)32)29-25(30)19-9-3-2-8-18(19)14-15-28-27(33)34-16-24-22-12-6-4-10-20(22)21-11-5-7-13-23(21)24/h2-13,17,24H,14-16H2,1H3,(H,28,33)(H,29,30)(H,31,32). The maximum Gasteiger partial charge on any atom is 0.407 e. The van der Waals surface area contributed by atoms with E-state index in [2.05, 4.69) is 34.9 Å². The fraction of sp³-hybridized carbons (Fsp3) is 0.222. The summed E-state index contributed by atoms with van der Waals surface area (Å²) in [5.74, 6) is -1.59. The van der Waals surface area contributed by atoms with Crippen molar-refractivity contribution in [2.75, 3.05) is 13.2 Å². The van der Waals surface area contributed by atoms with E-state index in [0.29, 0.717) is 17.5 Å². The van der Waals surface area contributed by atoms with E-state index in [-0.39, 0.29) is 19.1 Å². The molecule has 1 unspecified atom stereocenters. The molecule has 2 amide bonds. The van der Waals surface area contributed by atoms with Crippen molar-refractivity contribution < 1.29 is 24.2 Å². The second-order valence-corrected chi connectivity index (χ2v) is 8.19. The number of benzene rings is 3. The van der Waals surface area contributed by atoms with Gasteiger partial charge < -0.3 is 20.5 Å². The number of carbonyl (C=O) groups is 3. The highest BCUT2D eigenvalue weighted by molar-refractivity contribution is 5.97. The van der Waals surface area contributed by atoms with Crippen molar-refractivity contribution in [2.24, 2.45) is 0 Å². The predicted octanol–water partition coefficient (Wildman–Crippen LogP) is 3.97. The van der Waals surface area contributed by atoms with Crippen LogP contribution in [0, 0.1) is 0 Å². The highest BCUT2D eigenvalue weighted by Gasteiger charge is 2.29. The molecule has 1 atom stereocenters. The molecule has 3 N–H and O–H groups in total. The summed E-state index contributed by atoms with van der Waals surface area (Å²) in [6.07, 6.45) is -0.127. The number of hydrogen-bond acceptors (Lipinski definition) is 4.